The van der Waals surface area contributed by atoms with E-state index in [0.29, 0.717) is 24.2 Å². The Morgan fingerprint density at radius 3 is 2.90 bits per heavy atom. The topological polar surface area (TPSA) is 78.9 Å². The molecule has 1 fully saturated rings. The lowest BCUT2D eigenvalue weighted by atomic mass is 10.2. The van der Waals surface area contributed by atoms with Crippen molar-refractivity contribution in [1.29, 1.82) is 0 Å². The molecule has 2 N–H and O–H groups in total. The second-order valence-corrected chi connectivity index (χ2v) is 5.47. The van der Waals surface area contributed by atoms with Gasteiger partial charge >= 0.3 is 12.0 Å². The van der Waals surface area contributed by atoms with E-state index in [0.717, 1.165) is 0 Å². The molecule has 6 nitrogen and oxygen atoms in total. The number of carbonyl (C=O) groups is 2. The van der Waals surface area contributed by atoms with E-state index >= 15 is 0 Å². The molecule has 0 spiro atoms. The van der Waals surface area contributed by atoms with E-state index in [4.69, 9.17) is 9.84 Å². The number of rotatable bonds is 2. The lowest BCUT2D eigenvalue weighted by molar-refractivity contribution is -0.00139. The highest BCUT2D eigenvalue weighted by molar-refractivity contribution is 9.10. The van der Waals surface area contributed by atoms with Gasteiger partial charge in [0.2, 0.25) is 0 Å². The third-order valence-electron chi connectivity index (χ3n) is 2.98. The number of carbonyl (C=O) groups excluding carboxylic acids is 1. The molecule has 0 aromatic heterocycles. The number of halogens is 1. The van der Waals surface area contributed by atoms with Crippen LogP contribution in [0.1, 0.15) is 17.3 Å². The lowest BCUT2D eigenvalue weighted by Crippen LogP contribution is -2.46. The molecule has 1 unspecified atom stereocenters. The van der Waals surface area contributed by atoms with Gasteiger partial charge in [-0.3, -0.25) is 0 Å². The van der Waals surface area contributed by atoms with Gasteiger partial charge < -0.3 is 20.1 Å². The Morgan fingerprint density at radius 2 is 2.25 bits per heavy atom. The SMILES string of the molecule is CC1CN(C(=O)Nc2cc(Br)ccc2C(=O)O)CCO1. The van der Waals surface area contributed by atoms with Crippen molar-refractivity contribution in [3.05, 3.63) is 28.2 Å². The standard InChI is InChI=1S/C13H15BrN2O4/c1-8-7-16(4-5-20-8)13(19)15-11-6-9(14)2-3-10(11)12(17)18/h2-3,6,8H,4-5,7H2,1H3,(H,15,19)(H,17,18). The maximum absolute atomic E-state index is 12.2. The first-order valence-corrected chi connectivity index (χ1v) is 6.97. The quantitative estimate of drug-likeness (QED) is 0.864. The summed E-state index contributed by atoms with van der Waals surface area (Å²) in [5, 5.41) is 11.8. The molecule has 108 valence electrons. The summed E-state index contributed by atoms with van der Waals surface area (Å²) in [5.41, 5.74) is 0.332. The molecule has 1 saturated heterocycles. The van der Waals surface area contributed by atoms with Crippen LogP contribution < -0.4 is 5.32 Å². The Morgan fingerprint density at radius 1 is 1.50 bits per heavy atom. The number of hydrogen-bond donors (Lipinski definition) is 2. The average Bonchev–Trinajstić information content (AvgIpc) is 2.38. The number of urea groups is 1. The van der Waals surface area contributed by atoms with E-state index in [1.165, 1.54) is 6.07 Å². The first-order chi connectivity index (χ1) is 9.47. The van der Waals surface area contributed by atoms with Crippen molar-refractivity contribution >= 4 is 33.6 Å². The fourth-order valence-electron chi connectivity index (χ4n) is 2.00. The average molecular weight is 343 g/mol. The molecule has 20 heavy (non-hydrogen) atoms. The number of carboxylic acid groups (broad SMARTS) is 1. The minimum absolute atomic E-state index is 0.0176. The van der Waals surface area contributed by atoms with E-state index in [1.54, 1.807) is 17.0 Å². The molecule has 7 heteroatoms. The summed E-state index contributed by atoms with van der Waals surface area (Å²) in [7, 11) is 0. The second kappa shape index (κ2) is 6.23. The van der Waals surface area contributed by atoms with E-state index in [2.05, 4.69) is 21.2 Å². The van der Waals surface area contributed by atoms with Gasteiger partial charge in [0.15, 0.2) is 0 Å². The molecule has 1 heterocycles. The number of nitrogens with zero attached hydrogens (tertiary/aromatic N) is 1. The molecule has 2 amide bonds. The number of anilines is 1. The highest BCUT2D eigenvalue weighted by atomic mass is 79.9. The van der Waals surface area contributed by atoms with Crippen LogP contribution in [0.25, 0.3) is 0 Å². The van der Waals surface area contributed by atoms with Gasteiger partial charge in [0.05, 0.1) is 24.0 Å². The second-order valence-electron chi connectivity index (χ2n) is 4.55. The van der Waals surface area contributed by atoms with Gasteiger partial charge in [-0.2, -0.15) is 0 Å². The van der Waals surface area contributed by atoms with Crippen LogP contribution in [0.4, 0.5) is 10.5 Å². The third kappa shape index (κ3) is 3.49. The highest BCUT2D eigenvalue weighted by Crippen LogP contribution is 2.22. The van der Waals surface area contributed by atoms with Crippen LogP contribution >= 0.6 is 15.9 Å². The minimum atomic E-state index is -1.08. The van der Waals surface area contributed by atoms with Crippen molar-refractivity contribution in [2.24, 2.45) is 0 Å². The number of ether oxygens (including phenoxy) is 1. The van der Waals surface area contributed by atoms with Gasteiger partial charge in [-0.15, -0.1) is 0 Å². The number of morpholine rings is 1. The zero-order chi connectivity index (χ0) is 14.7. The van der Waals surface area contributed by atoms with Crippen molar-refractivity contribution in [2.75, 3.05) is 25.0 Å². The maximum Gasteiger partial charge on any atom is 0.337 e. The Balaban J connectivity index is 2.14. The lowest BCUT2D eigenvalue weighted by Gasteiger charge is -2.31. The summed E-state index contributed by atoms with van der Waals surface area (Å²) in [6.07, 6.45) is -0.0176. The largest absolute Gasteiger partial charge is 0.478 e. The summed E-state index contributed by atoms with van der Waals surface area (Å²) in [5.74, 6) is -1.08. The molecule has 1 aliphatic heterocycles. The summed E-state index contributed by atoms with van der Waals surface area (Å²) in [6.45, 7) is 3.36. The van der Waals surface area contributed by atoms with Gasteiger partial charge in [-0.25, -0.2) is 9.59 Å². The molecule has 0 radical (unpaired) electrons. The predicted octanol–water partition coefficient (Wildman–Crippen LogP) is 2.40. The zero-order valence-electron chi connectivity index (χ0n) is 10.9. The van der Waals surface area contributed by atoms with Crippen LogP contribution in [-0.4, -0.2) is 47.8 Å². The minimum Gasteiger partial charge on any atom is -0.478 e. The molecule has 2 rings (SSSR count). The highest BCUT2D eigenvalue weighted by Gasteiger charge is 2.22. The summed E-state index contributed by atoms with van der Waals surface area (Å²) in [4.78, 5) is 24.9. The Kier molecular flexibility index (Phi) is 4.61. The van der Waals surface area contributed by atoms with Gasteiger partial charge in [-0.1, -0.05) is 15.9 Å². The van der Waals surface area contributed by atoms with E-state index in [1.807, 2.05) is 6.92 Å². The van der Waals surface area contributed by atoms with Gasteiger partial charge in [0, 0.05) is 17.6 Å². The first-order valence-electron chi connectivity index (χ1n) is 6.17. The number of aromatic carboxylic acids is 1. The van der Waals surface area contributed by atoms with Gasteiger partial charge in [-0.05, 0) is 25.1 Å². The van der Waals surface area contributed by atoms with Crippen molar-refractivity contribution in [1.82, 2.24) is 4.90 Å². The Hall–Kier alpha value is -1.60. The van der Waals surface area contributed by atoms with Crippen molar-refractivity contribution < 1.29 is 19.4 Å². The van der Waals surface area contributed by atoms with Crippen LogP contribution in [0.15, 0.2) is 22.7 Å². The van der Waals surface area contributed by atoms with Crippen LogP contribution in [0.2, 0.25) is 0 Å². The summed E-state index contributed by atoms with van der Waals surface area (Å²) >= 11 is 3.26. The molecule has 1 aliphatic rings. The molecular formula is C13H15BrN2O4. The number of hydrogen-bond acceptors (Lipinski definition) is 3. The van der Waals surface area contributed by atoms with E-state index in [-0.39, 0.29) is 23.4 Å². The molecular weight excluding hydrogens is 328 g/mol. The van der Waals surface area contributed by atoms with Gasteiger partial charge in [0.1, 0.15) is 0 Å². The Labute approximate surface area is 124 Å². The van der Waals surface area contributed by atoms with E-state index in [9.17, 15) is 9.59 Å². The number of nitrogens with one attached hydrogen (secondary N) is 1. The molecule has 0 bridgehead atoms. The van der Waals surface area contributed by atoms with Crippen molar-refractivity contribution in [3.63, 3.8) is 0 Å². The zero-order valence-corrected chi connectivity index (χ0v) is 12.5. The van der Waals surface area contributed by atoms with Crippen LogP contribution in [-0.2, 0) is 4.74 Å². The first kappa shape index (κ1) is 14.8. The fourth-order valence-corrected chi connectivity index (χ4v) is 2.36. The summed E-state index contributed by atoms with van der Waals surface area (Å²) < 4.78 is 6.07. The normalized spacial score (nSPS) is 18.7. The van der Waals surface area contributed by atoms with E-state index < -0.39 is 5.97 Å². The van der Waals surface area contributed by atoms with Crippen molar-refractivity contribution in [3.8, 4) is 0 Å². The number of carboxylic acids is 1. The fraction of sp³-hybridized carbons (Fsp3) is 0.385. The van der Waals surface area contributed by atoms with Crippen LogP contribution in [0.5, 0.6) is 0 Å². The maximum atomic E-state index is 12.2. The molecule has 1 aromatic rings. The summed E-state index contributed by atoms with van der Waals surface area (Å²) in [6, 6.07) is 4.33. The molecule has 0 aliphatic carbocycles. The molecule has 1 aromatic carbocycles. The number of benzene rings is 1. The predicted molar refractivity (Wildman–Crippen MR) is 77.1 cm³/mol. The molecule has 1 atom stereocenters. The van der Waals surface area contributed by atoms with Gasteiger partial charge in [0.25, 0.3) is 0 Å². The van der Waals surface area contributed by atoms with Crippen molar-refractivity contribution in [2.45, 2.75) is 13.0 Å². The monoisotopic (exact) mass is 342 g/mol. The Bertz CT molecular complexity index is 535. The van der Waals surface area contributed by atoms with Crippen LogP contribution in [0, 0.1) is 0 Å². The molecule has 0 saturated carbocycles. The number of amides is 2. The van der Waals surface area contributed by atoms with Crippen LogP contribution in [0.3, 0.4) is 0 Å². The smallest absolute Gasteiger partial charge is 0.337 e. The third-order valence-corrected chi connectivity index (χ3v) is 3.48.